The van der Waals surface area contributed by atoms with Crippen molar-refractivity contribution in [2.24, 2.45) is 0 Å². The van der Waals surface area contributed by atoms with Crippen LogP contribution in [0.1, 0.15) is 5.76 Å². The number of hydrogen-bond donors (Lipinski definition) is 0. The van der Waals surface area contributed by atoms with Gasteiger partial charge in [0.05, 0.1) is 9.86 Å². The lowest BCUT2D eigenvalue weighted by molar-refractivity contribution is 0.0506. The van der Waals surface area contributed by atoms with Gasteiger partial charge in [-0.25, -0.2) is 0 Å². The van der Waals surface area contributed by atoms with Crippen LogP contribution < -0.4 is 10.2 Å². The van der Waals surface area contributed by atoms with Crippen molar-refractivity contribution < 1.29 is 13.9 Å². The van der Waals surface area contributed by atoms with Gasteiger partial charge in [0.15, 0.2) is 12.2 Å². The van der Waals surface area contributed by atoms with Gasteiger partial charge in [0.1, 0.15) is 17.1 Å². The predicted octanol–water partition coefficient (Wildman–Crippen LogP) is 2.85. The summed E-state index contributed by atoms with van der Waals surface area (Å²) in [7, 11) is 1.54. The van der Waals surface area contributed by atoms with E-state index in [0.29, 0.717) is 27.0 Å². The third-order valence-corrected chi connectivity index (χ3v) is 2.86. The highest BCUT2D eigenvalue weighted by Gasteiger charge is 2.08. The molecule has 0 amide bonds. The molecule has 1 aromatic heterocycles. The van der Waals surface area contributed by atoms with Crippen LogP contribution >= 0.6 is 15.9 Å². The van der Waals surface area contributed by atoms with Gasteiger partial charge in [0.25, 0.3) is 0 Å². The molecule has 0 radical (unpaired) electrons. The molecule has 2 aromatic rings. The second kappa shape index (κ2) is 4.89. The Balaban J connectivity index is 2.59. The van der Waals surface area contributed by atoms with Crippen molar-refractivity contribution >= 4 is 26.9 Å². The highest BCUT2D eigenvalue weighted by molar-refractivity contribution is 9.10. The van der Waals surface area contributed by atoms with E-state index in [4.69, 9.17) is 13.9 Å². The molecule has 0 bridgehead atoms. The van der Waals surface area contributed by atoms with Crippen molar-refractivity contribution in [3.05, 3.63) is 38.7 Å². The monoisotopic (exact) mass is 298 g/mol. The first kappa shape index (κ1) is 12.1. The number of methoxy groups -OCH3 is 1. The third-order valence-electron chi connectivity index (χ3n) is 2.24. The van der Waals surface area contributed by atoms with Crippen LogP contribution in [0.5, 0.6) is 5.75 Å². The largest absolute Gasteiger partial charge is 0.466 e. The summed E-state index contributed by atoms with van der Waals surface area (Å²) in [6.45, 7) is 1.87. The Morgan fingerprint density at radius 2 is 2.12 bits per heavy atom. The van der Waals surface area contributed by atoms with Crippen molar-refractivity contribution in [1.82, 2.24) is 0 Å². The molecule has 0 atom stereocenters. The fourth-order valence-corrected chi connectivity index (χ4v) is 1.97. The van der Waals surface area contributed by atoms with Crippen LogP contribution in [0.4, 0.5) is 0 Å². The normalized spacial score (nSPS) is 10.8. The van der Waals surface area contributed by atoms with Gasteiger partial charge in [0, 0.05) is 19.2 Å². The second-order valence-corrected chi connectivity index (χ2v) is 4.41. The summed E-state index contributed by atoms with van der Waals surface area (Å²) < 4.78 is 16.3. The molecule has 5 heteroatoms. The SMILES string of the molecule is COCOc1cc2oc(C)cc(=O)c2cc1Br. The topological polar surface area (TPSA) is 48.7 Å². The van der Waals surface area contributed by atoms with E-state index in [1.165, 1.54) is 6.07 Å². The van der Waals surface area contributed by atoms with E-state index in [-0.39, 0.29) is 12.2 Å². The minimum absolute atomic E-state index is 0.0669. The van der Waals surface area contributed by atoms with Gasteiger partial charge < -0.3 is 13.9 Å². The minimum Gasteiger partial charge on any atom is -0.466 e. The molecule has 0 unspecified atom stereocenters. The van der Waals surface area contributed by atoms with E-state index >= 15 is 0 Å². The third kappa shape index (κ3) is 2.50. The van der Waals surface area contributed by atoms with Gasteiger partial charge in [-0.15, -0.1) is 0 Å². The first-order valence-electron chi connectivity index (χ1n) is 4.97. The molecule has 0 aliphatic carbocycles. The molecule has 4 nitrogen and oxygen atoms in total. The Kier molecular flexibility index (Phi) is 3.49. The predicted molar refractivity (Wildman–Crippen MR) is 67.4 cm³/mol. The molecule has 1 heterocycles. The first-order chi connectivity index (χ1) is 8.11. The van der Waals surface area contributed by atoms with Crippen LogP contribution in [0.25, 0.3) is 11.0 Å². The van der Waals surface area contributed by atoms with Crippen molar-refractivity contribution in [3.63, 3.8) is 0 Å². The van der Waals surface area contributed by atoms with E-state index in [0.717, 1.165) is 0 Å². The summed E-state index contributed by atoms with van der Waals surface area (Å²) in [6, 6.07) is 4.82. The maximum absolute atomic E-state index is 11.7. The van der Waals surface area contributed by atoms with Crippen molar-refractivity contribution in [3.8, 4) is 5.75 Å². The molecule has 90 valence electrons. The molecule has 17 heavy (non-hydrogen) atoms. The summed E-state index contributed by atoms with van der Waals surface area (Å²) in [4.78, 5) is 11.7. The van der Waals surface area contributed by atoms with Gasteiger partial charge in [-0.2, -0.15) is 0 Å². The van der Waals surface area contributed by atoms with Crippen LogP contribution in [0, 0.1) is 6.92 Å². The van der Waals surface area contributed by atoms with Crippen LogP contribution in [-0.4, -0.2) is 13.9 Å². The van der Waals surface area contributed by atoms with Crippen LogP contribution in [0.15, 0.2) is 31.9 Å². The lowest BCUT2D eigenvalue weighted by atomic mass is 10.2. The van der Waals surface area contributed by atoms with Crippen LogP contribution in [0.3, 0.4) is 0 Å². The Bertz CT molecular complexity index is 603. The summed E-state index contributed by atoms with van der Waals surface area (Å²) in [6.07, 6.45) is 0. The molecule has 0 aliphatic heterocycles. The van der Waals surface area contributed by atoms with Crippen LogP contribution in [-0.2, 0) is 4.74 Å². The molecular formula is C12H11BrO4. The maximum Gasteiger partial charge on any atom is 0.192 e. The molecule has 0 N–H and O–H groups in total. The average molecular weight is 299 g/mol. The fourth-order valence-electron chi connectivity index (χ4n) is 1.51. The van der Waals surface area contributed by atoms with Gasteiger partial charge in [-0.3, -0.25) is 4.79 Å². The van der Waals surface area contributed by atoms with E-state index in [9.17, 15) is 4.79 Å². The number of fused-ring (bicyclic) bond motifs is 1. The molecule has 0 aliphatic rings. The minimum atomic E-state index is -0.0669. The standard InChI is InChI=1S/C12H11BrO4/c1-7-3-10(14)8-4-9(13)12(16-6-15-2)5-11(8)17-7/h3-5H,6H2,1-2H3. The van der Waals surface area contributed by atoms with E-state index < -0.39 is 0 Å². The average Bonchev–Trinajstić information content (AvgIpc) is 2.27. The molecular weight excluding hydrogens is 288 g/mol. The summed E-state index contributed by atoms with van der Waals surface area (Å²) >= 11 is 3.34. The summed E-state index contributed by atoms with van der Waals surface area (Å²) in [5.41, 5.74) is 0.437. The number of ether oxygens (including phenoxy) is 2. The summed E-state index contributed by atoms with van der Waals surface area (Å²) in [5.74, 6) is 1.15. The zero-order valence-electron chi connectivity index (χ0n) is 9.45. The lowest BCUT2D eigenvalue weighted by Crippen LogP contribution is -2.03. The van der Waals surface area contributed by atoms with Crippen LogP contribution in [0.2, 0.25) is 0 Å². The molecule has 0 saturated heterocycles. The van der Waals surface area contributed by atoms with Gasteiger partial charge in [0.2, 0.25) is 0 Å². The van der Waals surface area contributed by atoms with Crippen molar-refractivity contribution in [2.45, 2.75) is 6.92 Å². The highest BCUT2D eigenvalue weighted by Crippen LogP contribution is 2.29. The summed E-state index contributed by atoms with van der Waals surface area (Å²) in [5, 5.41) is 0.521. The quantitative estimate of drug-likeness (QED) is 0.818. The van der Waals surface area contributed by atoms with E-state index in [1.807, 2.05) is 0 Å². The van der Waals surface area contributed by atoms with Gasteiger partial charge >= 0.3 is 0 Å². The van der Waals surface area contributed by atoms with Crippen molar-refractivity contribution in [1.29, 1.82) is 0 Å². The molecule has 0 fully saturated rings. The number of halogens is 1. The number of rotatable bonds is 3. The Hall–Kier alpha value is -1.33. The molecule has 0 spiro atoms. The first-order valence-corrected chi connectivity index (χ1v) is 5.77. The van der Waals surface area contributed by atoms with Gasteiger partial charge in [-0.1, -0.05) is 0 Å². The Morgan fingerprint density at radius 3 is 2.82 bits per heavy atom. The number of benzene rings is 1. The van der Waals surface area contributed by atoms with E-state index in [1.54, 1.807) is 26.2 Å². The molecule has 1 aromatic carbocycles. The lowest BCUT2D eigenvalue weighted by Gasteiger charge is -2.08. The smallest absolute Gasteiger partial charge is 0.192 e. The second-order valence-electron chi connectivity index (χ2n) is 3.55. The zero-order chi connectivity index (χ0) is 12.4. The van der Waals surface area contributed by atoms with E-state index in [2.05, 4.69) is 15.9 Å². The number of aryl methyl sites for hydroxylation is 1. The zero-order valence-corrected chi connectivity index (χ0v) is 11.0. The highest BCUT2D eigenvalue weighted by atomic mass is 79.9. The van der Waals surface area contributed by atoms with Gasteiger partial charge in [-0.05, 0) is 28.9 Å². The fraction of sp³-hybridized carbons (Fsp3) is 0.250. The van der Waals surface area contributed by atoms with Crippen molar-refractivity contribution in [2.75, 3.05) is 13.9 Å². The molecule has 0 saturated carbocycles. The maximum atomic E-state index is 11.7. The molecule has 2 rings (SSSR count). The Morgan fingerprint density at radius 1 is 1.35 bits per heavy atom. The number of hydrogen-bond acceptors (Lipinski definition) is 4. The Labute approximate surface area is 106 Å².